The Labute approximate surface area is 410 Å². The molecule has 13 atom stereocenters. The lowest BCUT2D eigenvalue weighted by molar-refractivity contribution is -0.349. The molecule has 1 aliphatic heterocycles. The fourth-order valence-electron chi connectivity index (χ4n) is 11.1. The molecule has 71 heavy (non-hydrogen) atoms. The van der Waals surface area contributed by atoms with Gasteiger partial charge in [0.2, 0.25) is 0 Å². The van der Waals surface area contributed by atoms with Crippen LogP contribution in [0.2, 0.25) is 0 Å². The van der Waals surface area contributed by atoms with Crippen molar-refractivity contribution >= 4 is 42.0 Å². The second kappa shape index (κ2) is 20.8. The van der Waals surface area contributed by atoms with Gasteiger partial charge in [0.05, 0.1) is 48.4 Å². The van der Waals surface area contributed by atoms with Gasteiger partial charge >= 0.3 is 29.8 Å². The van der Waals surface area contributed by atoms with E-state index < -0.39 is 138 Å². The van der Waals surface area contributed by atoms with Crippen LogP contribution < -0.4 is 5.32 Å². The quantitative estimate of drug-likeness (QED) is 0.0683. The number of aliphatic hydroxyl groups is 3. The maximum absolute atomic E-state index is 14.5. The lowest BCUT2D eigenvalue weighted by Crippen LogP contribution is -2.81. The molecule has 1 saturated heterocycles. The molecule has 0 aromatic heterocycles. The van der Waals surface area contributed by atoms with Gasteiger partial charge in [-0.2, -0.15) is 0 Å². The highest BCUT2D eigenvalue weighted by Crippen LogP contribution is 2.65. The number of aldehydes is 1. The molecular weight excluding hydrogens is 923 g/mol. The molecular formula is C53H61NO17. The van der Waals surface area contributed by atoms with Crippen LogP contribution in [0.15, 0.2) is 102 Å². The Morgan fingerprint density at radius 3 is 1.97 bits per heavy atom. The smallest absolute Gasteiger partial charge is 0.347 e. The first-order valence-electron chi connectivity index (χ1n) is 23.5. The monoisotopic (exact) mass is 983 g/mol. The Morgan fingerprint density at radius 2 is 1.42 bits per heavy atom. The van der Waals surface area contributed by atoms with E-state index in [0.29, 0.717) is 17.4 Å². The first kappa shape index (κ1) is 52.5. The lowest BCUT2D eigenvalue weighted by atomic mass is 9.45. The normalized spacial score (nSPS) is 30.1. The van der Waals surface area contributed by atoms with Gasteiger partial charge in [-0.15, -0.1) is 0 Å². The number of amides is 1. The van der Waals surface area contributed by atoms with Crippen LogP contribution in [0.1, 0.15) is 100 Å². The number of benzene rings is 3. The van der Waals surface area contributed by atoms with Crippen molar-refractivity contribution in [1.29, 1.82) is 0 Å². The molecule has 4 aliphatic rings. The van der Waals surface area contributed by atoms with Crippen molar-refractivity contribution in [2.45, 2.75) is 134 Å². The molecule has 7 rings (SSSR count). The van der Waals surface area contributed by atoms with Gasteiger partial charge in [0.25, 0.3) is 5.91 Å². The van der Waals surface area contributed by atoms with Crippen molar-refractivity contribution in [3.8, 4) is 0 Å². The van der Waals surface area contributed by atoms with Crippen molar-refractivity contribution in [1.82, 2.24) is 5.32 Å². The summed E-state index contributed by atoms with van der Waals surface area (Å²) in [7, 11) is 0. The molecule has 1 amide bonds. The Balaban J connectivity index is 1.39. The topological polar surface area (TPSA) is 257 Å². The predicted molar refractivity (Wildman–Crippen MR) is 249 cm³/mol. The maximum Gasteiger partial charge on any atom is 0.347 e. The molecule has 18 nitrogen and oxygen atoms in total. The number of carbonyl (C=O) groups is 7. The second-order valence-corrected chi connectivity index (χ2v) is 19.4. The summed E-state index contributed by atoms with van der Waals surface area (Å²) in [6.07, 6.45) is -12.1. The first-order chi connectivity index (χ1) is 33.6. The summed E-state index contributed by atoms with van der Waals surface area (Å²) in [5.41, 5.74) is -6.21. The number of hydrogen-bond donors (Lipinski definition) is 4. The zero-order chi connectivity index (χ0) is 51.6. The van der Waals surface area contributed by atoms with Crippen LogP contribution in [0.25, 0.3) is 0 Å². The molecule has 1 heterocycles. The molecule has 3 aromatic rings. The van der Waals surface area contributed by atoms with Gasteiger partial charge in [-0.1, -0.05) is 80.6 Å². The zero-order valence-corrected chi connectivity index (χ0v) is 40.6. The lowest BCUT2D eigenvalue weighted by Gasteiger charge is -2.67. The molecule has 0 radical (unpaired) electrons. The van der Waals surface area contributed by atoms with Gasteiger partial charge < -0.3 is 58.6 Å². The number of nitrogens with one attached hydrogen (secondary N) is 1. The molecule has 380 valence electrons. The van der Waals surface area contributed by atoms with E-state index in [1.54, 1.807) is 99.6 Å². The number of hydrogen-bond acceptors (Lipinski definition) is 17. The molecule has 0 spiro atoms. The second-order valence-electron chi connectivity index (χ2n) is 19.4. The van der Waals surface area contributed by atoms with E-state index in [9.17, 15) is 48.9 Å². The van der Waals surface area contributed by atoms with Gasteiger partial charge in [0, 0.05) is 44.1 Å². The van der Waals surface area contributed by atoms with E-state index in [4.69, 9.17) is 33.2 Å². The molecule has 2 bridgehead atoms. The van der Waals surface area contributed by atoms with Crippen LogP contribution >= 0.6 is 0 Å². The highest BCUT2D eigenvalue weighted by molar-refractivity contribution is 5.94. The van der Waals surface area contributed by atoms with Gasteiger partial charge in [-0.3, -0.25) is 14.4 Å². The van der Waals surface area contributed by atoms with E-state index in [0.717, 1.165) is 6.92 Å². The van der Waals surface area contributed by atoms with E-state index in [-0.39, 0.29) is 29.7 Å². The fourth-order valence-corrected chi connectivity index (χ4v) is 11.1. The number of rotatable bonds is 16. The fraction of sp³-hybridized carbons (Fsp3) is 0.491. The SMILES string of the molecule is CC(=O)O[C@H]1C[C@]2(C=O)C([C@H](OC(=O)c3ccccc3)[C@]3(O)C[C@H](OC[C@H](OC(=O)C(C)OC(=O)C(C)O)C(NC(=O)c4ccccc4)c4ccccc4)C(C)=C1C3(C)C)[C@]1(OC(C)=O)CO[C@@H]1C[C@@H]2O. The number of carbonyl (C=O) groups excluding carboxylic acids is 7. The summed E-state index contributed by atoms with van der Waals surface area (Å²) in [6.45, 7) is 8.88. The van der Waals surface area contributed by atoms with Crippen LogP contribution in [0, 0.1) is 16.7 Å². The summed E-state index contributed by atoms with van der Waals surface area (Å²) in [5.74, 6) is -6.73. The van der Waals surface area contributed by atoms with Crippen LogP contribution in [0.3, 0.4) is 0 Å². The minimum atomic E-state index is -2.35. The van der Waals surface area contributed by atoms with Crippen LogP contribution in [-0.2, 0) is 57.1 Å². The Kier molecular flexibility index (Phi) is 15.4. The van der Waals surface area contributed by atoms with Crippen molar-refractivity contribution in [3.63, 3.8) is 0 Å². The van der Waals surface area contributed by atoms with E-state index in [1.807, 2.05) is 0 Å². The average molecular weight is 984 g/mol. The van der Waals surface area contributed by atoms with Crippen molar-refractivity contribution in [2.24, 2.45) is 16.7 Å². The van der Waals surface area contributed by atoms with Crippen LogP contribution in [-0.4, -0.2) is 131 Å². The average Bonchev–Trinajstić information content (AvgIpc) is 3.33. The Hall–Kier alpha value is -6.31. The summed E-state index contributed by atoms with van der Waals surface area (Å²) in [6, 6.07) is 23.5. The van der Waals surface area contributed by atoms with Gasteiger partial charge in [0.15, 0.2) is 11.7 Å². The molecule has 4 N–H and O–H groups in total. The zero-order valence-electron chi connectivity index (χ0n) is 40.6. The van der Waals surface area contributed by atoms with Crippen molar-refractivity contribution < 1.29 is 82.0 Å². The molecule has 4 unspecified atom stereocenters. The van der Waals surface area contributed by atoms with Crippen molar-refractivity contribution in [3.05, 3.63) is 119 Å². The number of ether oxygens (including phenoxy) is 7. The van der Waals surface area contributed by atoms with Gasteiger partial charge in [-0.05, 0) is 61.7 Å². The Morgan fingerprint density at radius 1 is 0.817 bits per heavy atom. The van der Waals surface area contributed by atoms with Gasteiger partial charge in [0.1, 0.15) is 42.4 Å². The van der Waals surface area contributed by atoms with Crippen molar-refractivity contribution in [2.75, 3.05) is 13.2 Å². The predicted octanol–water partition coefficient (Wildman–Crippen LogP) is 4.07. The van der Waals surface area contributed by atoms with E-state index >= 15 is 0 Å². The maximum atomic E-state index is 14.5. The van der Waals surface area contributed by atoms with E-state index in [1.165, 1.54) is 32.9 Å². The number of fused-ring (bicyclic) bond motifs is 5. The van der Waals surface area contributed by atoms with Crippen LogP contribution in [0.4, 0.5) is 0 Å². The Bertz CT molecular complexity index is 2510. The highest BCUT2D eigenvalue weighted by Gasteiger charge is 2.77. The summed E-state index contributed by atoms with van der Waals surface area (Å²) in [4.78, 5) is 95.1. The minimum absolute atomic E-state index is 0.0721. The molecule has 18 heteroatoms. The third-order valence-electron chi connectivity index (χ3n) is 14.7. The molecule has 3 aromatic carbocycles. The number of aliphatic hydroxyl groups excluding tert-OH is 2. The van der Waals surface area contributed by atoms with Crippen LogP contribution in [0.5, 0.6) is 0 Å². The summed E-state index contributed by atoms with van der Waals surface area (Å²) in [5, 5.41) is 39.0. The highest BCUT2D eigenvalue weighted by atomic mass is 16.6. The molecule has 3 aliphatic carbocycles. The van der Waals surface area contributed by atoms with E-state index in [2.05, 4.69) is 5.32 Å². The molecule has 3 fully saturated rings. The molecule has 2 saturated carbocycles. The third-order valence-corrected chi connectivity index (χ3v) is 14.7. The summed E-state index contributed by atoms with van der Waals surface area (Å²) < 4.78 is 42.7. The minimum Gasteiger partial charge on any atom is -0.458 e. The first-order valence-corrected chi connectivity index (χ1v) is 23.5. The third kappa shape index (κ3) is 10.00. The standard InChI is InChI=1S/C53H61NO17/c1-29-37(65-26-39(69-48(62)31(3)67-47(61)30(2)56)43(34-17-11-8-12-18-34)54-46(60)35-19-13-9-14-20-35)25-53(64)45(70-49(63)36-21-15-10-16-22-36)44-51(27-55,24-38(68-32(4)57)42(29)50(53,6)7)40(59)23-41-52(44,28-66-41)71-33(5)58/h8-22,27,30-31,37-41,43-45,56,59,64H,23-26,28H2,1-7H3,(H,54,60)/t30?,31?,37-,38-,39-,40-,41+,43?,44?,45-,51+,52-,53+/m0/s1. The van der Waals surface area contributed by atoms with Gasteiger partial charge in [-0.25, -0.2) is 14.4 Å². The summed E-state index contributed by atoms with van der Waals surface area (Å²) >= 11 is 0. The number of esters is 5. The largest absolute Gasteiger partial charge is 0.458 e.